The number of piperazine rings is 1. The minimum absolute atomic E-state index is 0.0820. The third-order valence-corrected chi connectivity index (χ3v) is 6.25. The van der Waals surface area contributed by atoms with Crippen LogP contribution in [0.15, 0.2) is 53.7 Å². The van der Waals surface area contributed by atoms with Gasteiger partial charge in [-0.15, -0.1) is 0 Å². The Bertz CT molecular complexity index is 1020. The van der Waals surface area contributed by atoms with Crippen molar-refractivity contribution in [2.45, 2.75) is 11.7 Å². The third-order valence-electron chi connectivity index (χ3n) is 5.29. The molecule has 3 aromatic rings. The molecule has 1 aromatic heterocycles. The molecular formula is C22H25FN4O2S. The van der Waals surface area contributed by atoms with Crippen LogP contribution in [-0.2, 0) is 16.1 Å². The number of rotatable bonds is 7. The zero-order valence-corrected chi connectivity index (χ0v) is 17.8. The lowest BCUT2D eigenvalue weighted by molar-refractivity contribution is -0.128. The van der Waals surface area contributed by atoms with Crippen molar-refractivity contribution in [3.8, 4) is 0 Å². The molecule has 0 bridgehead atoms. The predicted molar refractivity (Wildman–Crippen MR) is 118 cm³/mol. The monoisotopic (exact) mass is 428 g/mol. The van der Waals surface area contributed by atoms with Crippen LogP contribution in [0.1, 0.15) is 0 Å². The van der Waals surface area contributed by atoms with Crippen LogP contribution in [-0.4, -0.2) is 66.0 Å². The first-order chi connectivity index (χ1) is 14.7. The zero-order chi connectivity index (χ0) is 20.9. The zero-order valence-electron chi connectivity index (χ0n) is 17.0. The summed E-state index contributed by atoms with van der Waals surface area (Å²) in [6.07, 6.45) is 0. The Labute approximate surface area is 179 Å². The molecule has 1 saturated heterocycles. The molecule has 1 aliphatic rings. The Morgan fingerprint density at radius 3 is 2.60 bits per heavy atom. The SMILES string of the molecule is COCCn1c(SCC(=O)N2CCN(c3ccccc3F)CC2)nc2ccccc21. The topological polar surface area (TPSA) is 50.6 Å². The third kappa shape index (κ3) is 4.44. The number of anilines is 1. The Morgan fingerprint density at radius 1 is 1.10 bits per heavy atom. The first-order valence-corrected chi connectivity index (χ1v) is 11.0. The van der Waals surface area contributed by atoms with Crippen LogP contribution in [0.5, 0.6) is 0 Å². The van der Waals surface area contributed by atoms with Gasteiger partial charge in [-0.2, -0.15) is 0 Å². The second-order valence-corrected chi connectivity index (χ2v) is 8.08. The van der Waals surface area contributed by atoms with Crippen molar-refractivity contribution in [2.24, 2.45) is 0 Å². The molecule has 2 aromatic carbocycles. The van der Waals surface area contributed by atoms with E-state index in [9.17, 15) is 9.18 Å². The van der Waals surface area contributed by atoms with E-state index in [0.29, 0.717) is 50.8 Å². The van der Waals surface area contributed by atoms with E-state index in [2.05, 4.69) is 4.57 Å². The molecule has 30 heavy (non-hydrogen) atoms. The molecule has 0 saturated carbocycles. The highest BCUT2D eigenvalue weighted by atomic mass is 32.2. The predicted octanol–water partition coefficient (Wildman–Crippen LogP) is 3.26. The second kappa shape index (κ2) is 9.49. The highest BCUT2D eigenvalue weighted by Crippen LogP contribution is 2.25. The first-order valence-electron chi connectivity index (χ1n) is 10.0. The lowest BCUT2D eigenvalue weighted by Gasteiger charge is -2.36. The second-order valence-electron chi connectivity index (χ2n) is 7.14. The Kier molecular flexibility index (Phi) is 6.54. The molecule has 0 radical (unpaired) electrons. The summed E-state index contributed by atoms with van der Waals surface area (Å²) in [5.41, 5.74) is 2.57. The van der Waals surface area contributed by atoms with Crippen molar-refractivity contribution in [1.29, 1.82) is 0 Å². The van der Waals surface area contributed by atoms with Gasteiger partial charge in [0.1, 0.15) is 5.82 Å². The van der Waals surface area contributed by atoms with Gasteiger partial charge in [0.2, 0.25) is 5.91 Å². The number of methoxy groups -OCH3 is 1. The molecule has 1 aliphatic heterocycles. The summed E-state index contributed by atoms with van der Waals surface area (Å²) in [6.45, 7) is 3.71. The molecule has 1 amide bonds. The van der Waals surface area contributed by atoms with Gasteiger partial charge in [-0.1, -0.05) is 36.0 Å². The van der Waals surface area contributed by atoms with E-state index in [0.717, 1.165) is 16.2 Å². The molecule has 4 rings (SSSR count). The van der Waals surface area contributed by atoms with Gasteiger partial charge in [-0.3, -0.25) is 4.79 Å². The van der Waals surface area contributed by atoms with Crippen LogP contribution < -0.4 is 4.90 Å². The average Bonchev–Trinajstić information content (AvgIpc) is 3.14. The van der Waals surface area contributed by atoms with Crippen molar-refractivity contribution in [1.82, 2.24) is 14.5 Å². The van der Waals surface area contributed by atoms with E-state index in [1.807, 2.05) is 40.1 Å². The molecule has 0 spiro atoms. The van der Waals surface area contributed by atoms with E-state index in [4.69, 9.17) is 9.72 Å². The van der Waals surface area contributed by atoms with Crippen molar-refractivity contribution >= 4 is 34.4 Å². The van der Waals surface area contributed by atoms with E-state index in [1.165, 1.54) is 17.8 Å². The van der Waals surface area contributed by atoms with Crippen molar-refractivity contribution in [3.63, 3.8) is 0 Å². The number of carbonyl (C=O) groups is 1. The van der Waals surface area contributed by atoms with Gasteiger partial charge < -0.3 is 19.1 Å². The molecule has 6 nitrogen and oxygen atoms in total. The van der Waals surface area contributed by atoms with E-state index >= 15 is 0 Å². The van der Waals surface area contributed by atoms with Gasteiger partial charge in [-0.25, -0.2) is 9.37 Å². The number of carbonyl (C=O) groups excluding carboxylic acids is 1. The van der Waals surface area contributed by atoms with Gasteiger partial charge in [-0.05, 0) is 24.3 Å². The number of fused-ring (bicyclic) bond motifs is 1. The fraction of sp³-hybridized carbons (Fsp3) is 0.364. The molecule has 0 aliphatic carbocycles. The maximum absolute atomic E-state index is 14.0. The van der Waals surface area contributed by atoms with E-state index in [1.54, 1.807) is 19.2 Å². The summed E-state index contributed by atoms with van der Waals surface area (Å²) in [6, 6.07) is 14.7. The van der Waals surface area contributed by atoms with Crippen molar-refractivity contribution in [2.75, 3.05) is 50.5 Å². The Balaban J connectivity index is 1.37. The molecule has 0 unspecified atom stereocenters. The molecule has 1 fully saturated rings. The number of imidazole rings is 1. The Hall–Kier alpha value is -2.58. The first kappa shape index (κ1) is 20.7. The summed E-state index contributed by atoms with van der Waals surface area (Å²) in [5, 5.41) is 0.826. The number of halogens is 1. The standard InChI is InChI=1S/C22H25FN4O2S/c1-29-15-14-27-20-9-5-3-7-18(20)24-22(27)30-16-21(28)26-12-10-25(11-13-26)19-8-4-2-6-17(19)23/h2-9H,10-16H2,1H3. The number of aromatic nitrogens is 2. The van der Waals surface area contributed by atoms with Gasteiger partial charge in [0.15, 0.2) is 5.16 Å². The van der Waals surface area contributed by atoms with Gasteiger partial charge >= 0.3 is 0 Å². The highest BCUT2D eigenvalue weighted by molar-refractivity contribution is 7.99. The smallest absolute Gasteiger partial charge is 0.233 e. The number of thioether (sulfide) groups is 1. The summed E-state index contributed by atoms with van der Waals surface area (Å²) < 4.78 is 21.3. The normalized spacial score (nSPS) is 14.5. The van der Waals surface area contributed by atoms with Crippen LogP contribution >= 0.6 is 11.8 Å². The summed E-state index contributed by atoms with van der Waals surface area (Å²) in [4.78, 5) is 21.3. The fourth-order valence-corrected chi connectivity index (χ4v) is 4.63. The van der Waals surface area contributed by atoms with Gasteiger partial charge in [0.25, 0.3) is 0 Å². The lowest BCUT2D eigenvalue weighted by Crippen LogP contribution is -2.49. The number of para-hydroxylation sites is 3. The Morgan fingerprint density at radius 2 is 1.83 bits per heavy atom. The van der Waals surface area contributed by atoms with Crippen LogP contribution in [0.4, 0.5) is 10.1 Å². The van der Waals surface area contributed by atoms with Crippen LogP contribution in [0.25, 0.3) is 11.0 Å². The quantitative estimate of drug-likeness (QED) is 0.541. The molecule has 0 atom stereocenters. The molecule has 8 heteroatoms. The van der Waals surface area contributed by atoms with Gasteiger partial charge in [0.05, 0.1) is 29.1 Å². The summed E-state index contributed by atoms with van der Waals surface area (Å²) in [7, 11) is 1.68. The van der Waals surface area contributed by atoms with Crippen molar-refractivity contribution in [3.05, 3.63) is 54.3 Å². The summed E-state index contributed by atoms with van der Waals surface area (Å²) >= 11 is 1.46. The maximum atomic E-state index is 14.0. The number of ether oxygens (including phenoxy) is 1. The number of amides is 1. The van der Waals surface area contributed by atoms with Gasteiger partial charge in [0, 0.05) is 39.8 Å². The van der Waals surface area contributed by atoms with E-state index < -0.39 is 0 Å². The number of benzene rings is 2. The molecule has 0 N–H and O–H groups in total. The van der Waals surface area contributed by atoms with Crippen LogP contribution in [0.3, 0.4) is 0 Å². The maximum Gasteiger partial charge on any atom is 0.233 e. The lowest BCUT2D eigenvalue weighted by atomic mass is 10.2. The average molecular weight is 429 g/mol. The summed E-state index contributed by atoms with van der Waals surface area (Å²) in [5.74, 6) is 0.192. The molecule has 2 heterocycles. The number of hydrogen-bond donors (Lipinski definition) is 0. The van der Waals surface area contributed by atoms with Crippen LogP contribution in [0, 0.1) is 5.82 Å². The fourth-order valence-electron chi connectivity index (χ4n) is 3.68. The highest BCUT2D eigenvalue weighted by Gasteiger charge is 2.23. The molecule has 158 valence electrons. The largest absolute Gasteiger partial charge is 0.383 e. The van der Waals surface area contributed by atoms with E-state index in [-0.39, 0.29) is 11.7 Å². The number of hydrogen-bond acceptors (Lipinski definition) is 5. The minimum Gasteiger partial charge on any atom is -0.383 e. The molecular weight excluding hydrogens is 403 g/mol. The number of nitrogens with zero attached hydrogens (tertiary/aromatic N) is 4. The minimum atomic E-state index is -0.220. The van der Waals surface area contributed by atoms with Crippen LogP contribution in [0.2, 0.25) is 0 Å². The van der Waals surface area contributed by atoms with Crippen molar-refractivity contribution < 1.29 is 13.9 Å².